The largest absolute Gasteiger partial charge is 0.492 e. The van der Waals surface area contributed by atoms with Gasteiger partial charge in [-0.05, 0) is 53.9 Å². The van der Waals surface area contributed by atoms with E-state index in [1.165, 1.54) is 0 Å². The fourth-order valence-electron chi connectivity index (χ4n) is 4.49. The van der Waals surface area contributed by atoms with Crippen molar-refractivity contribution in [3.8, 4) is 11.5 Å². The first-order valence-corrected chi connectivity index (χ1v) is 12.3. The number of nitrogens with zero attached hydrogens (tertiary/aromatic N) is 1. The van der Waals surface area contributed by atoms with Crippen LogP contribution in [0.4, 0.5) is 11.4 Å². The number of amides is 2. The van der Waals surface area contributed by atoms with E-state index in [1.807, 2.05) is 91.9 Å². The fourth-order valence-corrected chi connectivity index (χ4v) is 4.49. The van der Waals surface area contributed by atoms with E-state index < -0.39 is 5.92 Å². The van der Waals surface area contributed by atoms with E-state index in [0.717, 1.165) is 22.4 Å². The van der Waals surface area contributed by atoms with Crippen LogP contribution in [0.5, 0.6) is 11.5 Å². The highest BCUT2D eigenvalue weighted by molar-refractivity contribution is 6.01. The molecule has 0 atom stereocenters. The molecule has 1 aliphatic heterocycles. The Hall–Kier alpha value is -4.58. The van der Waals surface area contributed by atoms with Crippen LogP contribution in [-0.4, -0.2) is 31.6 Å². The number of benzene rings is 4. The van der Waals surface area contributed by atoms with E-state index in [2.05, 4.69) is 5.32 Å². The van der Waals surface area contributed by atoms with E-state index in [9.17, 15) is 9.59 Å². The number of hydrogen-bond donors (Lipinski definition) is 1. The average Bonchev–Trinajstić information content (AvgIpc) is 2.91. The maximum Gasteiger partial charge on any atom is 0.265 e. The molecule has 0 aromatic heterocycles. The molecule has 0 spiro atoms. The number of anilines is 2. The summed E-state index contributed by atoms with van der Waals surface area (Å²) in [5.74, 6) is 0.561. The van der Waals surface area contributed by atoms with Crippen molar-refractivity contribution < 1.29 is 19.1 Å². The van der Waals surface area contributed by atoms with E-state index in [4.69, 9.17) is 9.47 Å². The topological polar surface area (TPSA) is 67.9 Å². The Bertz CT molecular complexity index is 1350. The molecular weight excluding hydrogens is 464 g/mol. The molecule has 4 aromatic rings. The molecule has 0 fully saturated rings. The van der Waals surface area contributed by atoms with Crippen LogP contribution in [0, 0.1) is 6.92 Å². The minimum absolute atomic E-state index is 0.0345. The SMILES string of the molecule is Cc1cccc(OCCN2C(=O)COc3ccc(NC(=O)C(c4ccccc4)c4ccccc4)cc32)c1. The number of aryl methyl sites for hydroxylation is 1. The number of ether oxygens (including phenoxy) is 2. The predicted octanol–water partition coefficient (Wildman–Crippen LogP) is 5.57. The molecule has 0 aliphatic carbocycles. The van der Waals surface area contributed by atoms with E-state index in [-0.39, 0.29) is 18.4 Å². The molecule has 2 amide bonds. The minimum Gasteiger partial charge on any atom is -0.492 e. The first-order chi connectivity index (χ1) is 18.1. The van der Waals surface area contributed by atoms with Gasteiger partial charge >= 0.3 is 0 Å². The summed E-state index contributed by atoms with van der Waals surface area (Å²) in [4.78, 5) is 27.9. The molecular formula is C31H28N2O4. The summed E-state index contributed by atoms with van der Waals surface area (Å²) in [6.45, 7) is 2.66. The van der Waals surface area contributed by atoms with Crippen LogP contribution >= 0.6 is 0 Å². The lowest BCUT2D eigenvalue weighted by atomic mass is 9.90. The van der Waals surface area contributed by atoms with Gasteiger partial charge in [0.15, 0.2) is 6.61 Å². The Balaban J connectivity index is 1.35. The van der Waals surface area contributed by atoms with Crippen molar-refractivity contribution in [2.75, 3.05) is 30.0 Å². The Labute approximate surface area is 216 Å². The van der Waals surface area contributed by atoms with Gasteiger partial charge in [0, 0.05) is 5.69 Å². The van der Waals surface area contributed by atoms with Gasteiger partial charge in [0.25, 0.3) is 5.91 Å². The molecule has 6 heteroatoms. The molecule has 6 nitrogen and oxygen atoms in total. The number of hydrogen-bond acceptors (Lipinski definition) is 4. The highest BCUT2D eigenvalue weighted by Gasteiger charge is 2.27. The fraction of sp³-hybridized carbons (Fsp3) is 0.161. The molecule has 0 unspecified atom stereocenters. The van der Waals surface area contributed by atoms with Gasteiger partial charge in [0.05, 0.1) is 18.2 Å². The normalized spacial score (nSPS) is 12.6. The van der Waals surface area contributed by atoms with Crippen LogP contribution < -0.4 is 19.7 Å². The van der Waals surface area contributed by atoms with Gasteiger partial charge in [-0.1, -0.05) is 72.8 Å². The van der Waals surface area contributed by atoms with Gasteiger partial charge in [-0.25, -0.2) is 0 Å². The summed E-state index contributed by atoms with van der Waals surface area (Å²) in [5.41, 5.74) is 4.10. The number of carbonyl (C=O) groups is 2. The molecule has 1 N–H and O–H groups in total. The summed E-state index contributed by atoms with van der Waals surface area (Å²) in [6, 6.07) is 32.5. The standard InChI is InChI=1S/C31H28N2O4/c1-22-9-8-14-26(19-22)36-18-17-33-27-20-25(15-16-28(27)37-21-29(33)34)32-31(35)30(23-10-4-2-5-11-23)24-12-6-3-7-13-24/h2-16,19-20,30H,17-18,21H2,1H3,(H,32,35). The lowest BCUT2D eigenvalue weighted by molar-refractivity contribution is -0.121. The second kappa shape index (κ2) is 11.0. The lowest BCUT2D eigenvalue weighted by Gasteiger charge is -2.30. The first-order valence-electron chi connectivity index (χ1n) is 12.3. The smallest absolute Gasteiger partial charge is 0.265 e. The third kappa shape index (κ3) is 5.64. The molecule has 0 saturated carbocycles. The molecule has 4 aromatic carbocycles. The Morgan fingerprint density at radius 2 is 1.62 bits per heavy atom. The van der Waals surface area contributed by atoms with Crippen molar-refractivity contribution >= 4 is 23.2 Å². The number of fused-ring (bicyclic) bond motifs is 1. The summed E-state index contributed by atoms with van der Waals surface area (Å²) >= 11 is 0. The van der Waals surface area contributed by atoms with E-state index in [1.54, 1.807) is 23.1 Å². The first kappa shape index (κ1) is 24.1. The van der Waals surface area contributed by atoms with Crippen molar-refractivity contribution in [3.05, 3.63) is 120 Å². The average molecular weight is 493 g/mol. The number of nitrogens with one attached hydrogen (secondary N) is 1. The predicted molar refractivity (Wildman–Crippen MR) is 144 cm³/mol. The monoisotopic (exact) mass is 492 g/mol. The molecule has 1 heterocycles. The maximum atomic E-state index is 13.5. The highest BCUT2D eigenvalue weighted by atomic mass is 16.5. The quantitative estimate of drug-likeness (QED) is 0.349. The van der Waals surface area contributed by atoms with Crippen LogP contribution in [0.15, 0.2) is 103 Å². The maximum absolute atomic E-state index is 13.5. The van der Waals surface area contributed by atoms with Crippen molar-refractivity contribution in [2.24, 2.45) is 0 Å². The van der Waals surface area contributed by atoms with Gasteiger partial charge in [-0.15, -0.1) is 0 Å². The molecule has 0 radical (unpaired) electrons. The van der Waals surface area contributed by atoms with Crippen molar-refractivity contribution in [1.82, 2.24) is 0 Å². The second-order valence-electron chi connectivity index (χ2n) is 8.93. The van der Waals surface area contributed by atoms with Gasteiger partial charge < -0.3 is 19.7 Å². The molecule has 0 saturated heterocycles. The van der Waals surface area contributed by atoms with Crippen LogP contribution in [0.25, 0.3) is 0 Å². The number of rotatable bonds is 8. The van der Waals surface area contributed by atoms with Crippen molar-refractivity contribution in [2.45, 2.75) is 12.8 Å². The molecule has 1 aliphatic rings. The summed E-state index contributed by atoms with van der Waals surface area (Å²) in [7, 11) is 0. The third-order valence-corrected chi connectivity index (χ3v) is 6.27. The Kier molecular flexibility index (Phi) is 7.17. The zero-order valence-electron chi connectivity index (χ0n) is 20.6. The van der Waals surface area contributed by atoms with Gasteiger partial charge in [0.1, 0.15) is 18.1 Å². The van der Waals surface area contributed by atoms with Crippen LogP contribution in [0.3, 0.4) is 0 Å². The van der Waals surface area contributed by atoms with E-state index >= 15 is 0 Å². The minimum atomic E-state index is -0.477. The highest BCUT2D eigenvalue weighted by Crippen LogP contribution is 2.35. The van der Waals surface area contributed by atoms with Crippen LogP contribution in [-0.2, 0) is 9.59 Å². The van der Waals surface area contributed by atoms with Gasteiger partial charge in [-0.3, -0.25) is 9.59 Å². The van der Waals surface area contributed by atoms with Crippen molar-refractivity contribution in [3.63, 3.8) is 0 Å². The Morgan fingerprint density at radius 3 is 2.30 bits per heavy atom. The third-order valence-electron chi connectivity index (χ3n) is 6.27. The van der Waals surface area contributed by atoms with Gasteiger partial charge in [-0.2, -0.15) is 0 Å². The van der Waals surface area contributed by atoms with Crippen molar-refractivity contribution in [1.29, 1.82) is 0 Å². The van der Waals surface area contributed by atoms with E-state index in [0.29, 0.717) is 30.3 Å². The van der Waals surface area contributed by atoms with Crippen LogP contribution in [0.2, 0.25) is 0 Å². The lowest BCUT2D eigenvalue weighted by Crippen LogP contribution is -2.41. The number of carbonyl (C=O) groups excluding carboxylic acids is 2. The molecule has 5 rings (SSSR count). The summed E-state index contributed by atoms with van der Waals surface area (Å²) < 4.78 is 11.5. The second-order valence-corrected chi connectivity index (χ2v) is 8.93. The molecule has 186 valence electrons. The van der Waals surface area contributed by atoms with Gasteiger partial charge in [0.2, 0.25) is 5.91 Å². The summed E-state index contributed by atoms with van der Waals surface area (Å²) in [5, 5.41) is 3.05. The molecule has 0 bridgehead atoms. The Morgan fingerprint density at radius 1 is 0.919 bits per heavy atom. The van der Waals surface area contributed by atoms with Crippen LogP contribution in [0.1, 0.15) is 22.6 Å². The molecule has 37 heavy (non-hydrogen) atoms. The summed E-state index contributed by atoms with van der Waals surface area (Å²) in [6.07, 6.45) is 0. The zero-order valence-corrected chi connectivity index (χ0v) is 20.6. The zero-order chi connectivity index (χ0) is 25.6.